The fourth-order valence-corrected chi connectivity index (χ4v) is 3.48. The first-order valence-corrected chi connectivity index (χ1v) is 8.40. The fourth-order valence-electron chi connectivity index (χ4n) is 3.48. The second kappa shape index (κ2) is 8.32. The van der Waals surface area contributed by atoms with E-state index in [0.29, 0.717) is 12.0 Å². The lowest BCUT2D eigenvalue weighted by atomic mass is 9.96. The van der Waals surface area contributed by atoms with Crippen LogP contribution in [0, 0.1) is 5.92 Å². The summed E-state index contributed by atoms with van der Waals surface area (Å²) >= 11 is 0. The highest BCUT2D eigenvalue weighted by Crippen LogP contribution is 2.20. The van der Waals surface area contributed by atoms with Crippen molar-refractivity contribution in [1.29, 1.82) is 0 Å². The Labute approximate surface area is 124 Å². The van der Waals surface area contributed by atoms with Crippen molar-refractivity contribution in [2.24, 2.45) is 5.92 Å². The maximum Gasteiger partial charge on any atom is 0.0510 e. The van der Waals surface area contributed by atoms with E-state index in [0.717, 1.165) is 25.8 Å². The largest absolute Gasteiger partial charge is 0.381 e. The van der Waals surface area contributed by atoms with Crippen molar-refractivity contribution in [2.45, 2.75) is 44.7 Å². The molecule has 20 heavy (non-hydrogen) atoms. The highest BCUT2D eigenvalue weighted by molar-refractivity contribution is 4.85. The molecule has 0 radical (unpaired) electrons. The summed E-state index contributed by atoms with van der Waals surface area (Å²) in [6, 6.07) is 1.36. The quantitative estimate of drug-likeness (QED) is 0.765. The van der Waals surface area contributed by atoms with Crippen LogP contribution < -0.4 is 5.32 Å². The van der Waals surface area contributed by atoms with E-state index in [9.17, 15) is 0 Å². The summed E-state index contributed by atoms with van der Waals surface area (Å²) in [5.41, 5.74) is 0. The molecule has 0 aromatic rings. The normalized spacial score (nSPS) is 27.3. The van der Waals surface area contributed by atoms with E-state index in [1.54, 1.807) is 0 Å². The van der Waals surface area contributed by atoms with Crippen LogP contribution in [0.15, 0.2) is 0 Å². The minimum atomic E-state index is 0.599. The molecular formula is C16H33N3O. The number of nitrogens with zero attached hydrogens (tertiary/aromatic N) is 2. The van der Waals surface area contributed by atoms with Crippen molar-refractivity contribution in [3.63, 3.8) is 0 Å². The molecule has 0 saturated carbocycles. The third kappa shape index (κ3) is 4.69. The number of rotatable bonds is 7. The van der Waals surface area contributed by atoms with Crippen LogP contribution in [0.3, 0.4) is 0 Å². The van der Waals surface area contributed by atoms with Gasteiger partial charge in [-0.2, -0.15) is 0 Å². The minimum Gasteiger partial charge on any atom is -0.381 e. The number of piperidine rings is 1. The summed E-state index contributed by atoms with van der Waals surface area (Å²) in [5.74, 6) is 0.704. The SMILES string of the molecule is CCCNC(CN(C)C1CCN(C)CC1)C1CCOC1. The predicted octanol–water partition coefficient (Wildman–Crippen LogP) is 1.42. The number of nitrogens with one attached hydrogen (secondary N) is 1. The fraction of sp³-hybridized carbons (Fsp3) is 1.00. The van der Waals surface area contributed by atoms with E-state index < -0.39 is 0 Å². The molecule has 4 heteroatoms. The molecule has 2 rings (SSSR count). The lowest BCUT2D eigenvalue weighted by Gasteiger charge is -2.38. The Morgan fingerprint density at radius 2 is 2.05 bits per heavy atom. The molecular weight excluding hydrogens is 250 g/mol. The summed E-state index contributed by atoms with van der Waals surface area (Å²) < 4.78 is 5.59. The Hall–Kier alpha value is -0.160. The average Bonchev–Trinajstić information content (AvgIpc) is 2.98. The molecule has 2 fully saturated rings. The number of hydrogen-bond donors (Lipinski definition) is 1. The van der Waals surface area contributed by atoms with Crippen molar-refractivity contribution in [2.75, 3.05) is 53.5 Å². The van der Waals surface area contributed by atoms with Crippen LogP contribution in [0.25, 0.3) is 0 Å². The van der Waals surface area contributed by atoms with Crippen LogP contribution in [-0.4, -0.2) is 75.4 Å². The van der Waals surface area contributed by atoms with Crippen molar-refractivity contribution < 1.29 is 4.74 Å². The second-order valence-corrected chi connectivity index (χ2v) is 6.66. The van der Waals surface area contributed by atoms with Gasteiger partial charge < -0.3 is 19.9 Å². The topological polar surface area (TPSA) is 27.7 Å². The van der Waals surface area contributed by atoms with Crippen LogP contribution in [0.4, 0.5) is 0 Å². The lowest BCUT2D eigenvalue weighted by molar-refractivity contribution is 0.118. The first kappa shape index (κ1) is 16.2. The van der Waals surface area contributed by atoms with E-state index in [2.05, 4.69) is 36.1 Å². The first-order valence-electron chi connectivity index (χ1n) is 8.40. The van der Waals surface area contributed by atoms with Gasteiger partial charge in [0.25, 0.3) is 0 Å². The predicted molar refractivity (Wildman–Crippen MR) is 84.2 cm³/mol. The van der Waals surface area contributed by atoms with Crippen LogP contribution in [0.1, 0.15) is 32.6 Å². The van der Waals surface area contributed by atoms with E-state index in [4.69, 9.17) is 4.74 Å². The first-order chi connectivity index (χ1) is 9.70. The minimum absolute atomic E-state index is 0.599. The van der Waals surface area contributed by atoms with E-state index in [-0.39, 0.29) is 0 Å². The van der Waals surface area contributed by atoms with Crippen LogP contribution in [-0.2, 0) is 4.74 Å². The van der Waals surface area contributed by atoms with Crippen molar-refractivity contribution in [3.05, 3.63) is 0 Å². The monoisotopic (exact) mass is 283 g/mol. The highest BCUT2D eigenvalue weighted by atomic mass is 16.5. The van der Waals surface area contributed by atoms with Gasteiger partial charge in [0.1, 0.15) is 0 Å². The Kier molecular flexibility index (Phi) is 6.75. The van der Waals surface area contributed by atoms with Crippen molar-refractivity contribution >= 4 is 0 Å². The standard InChI is InChI=1S/C16H33N3O/c1-4-8-17-16(14-7-11-20-13-14)12-19(3)15-5-9-18(2)10-6-15/h14-17H,4-13H2,1-3H3. The molecule has 0 aliphatic carbocycles. The third-order valence-electron chi connectivity index (χ3n) is 4.99. The van der Waals surface area contributed by atoms with Crippen LogP contribution >= 0.6 is 0 Å². The zero-order valence-electron chi connectivity index (χ0n) is 13.6. The lowest BCUT2D eigenvalue weighted by Crippen LogP contribution is -2.50. The summed E-state index contributed by atoms with van der Waals surface area (Å²) in [6.07, 6.45) is 5.06. The van der Waals surface area contributed by atoms with E-state index >= 15 is 0 Å². The molecule has 2 heterocycles. The Morgan fingerprint density at radius 3 is 2.65 bits per heavy atom. The zero-order chi connectivity index (χ0) is 14.4. The summed E-state index contributed by atoms with van der Waals surface area (Å²) in [5, 5.41) is 3.76. The van der Waals surface area contributed by atoms with Gasteiger partial charge in [-0.3, -0.25) is 0 Å². The number of likely N-dealkylation sites (N-methyl/N-ethyl adjacent to an activating group) is 1. The molecule has 118 valence electrons. The zero-order valence-corrected chi connectivity index (χ0v) is 13.6. The molecule has 0 bridgehead atoms. The molecule has 2 aliphatic heterocycles. The second-order valence-electron chi connectivity index (χ2n) is 6.66. The Bertz CT molecular complexity index is 260. The molecule has 1 N–H and O–H groups in total. The molecule has 0 amide bonds. The van der Waals surface area contributed by atoms with Crippen molar-refractivity contribution in [1.82, 2.24) is 15.1 Å². The summed E-state index contributed by atoms with van der Waals surface area (Å²) in [7, 11) is 4.55. The van der Waals surface area contributed by atoms with Crippen LogP contribution in [0.2, 0.25) is 0 Å². The van der Waals surface area contributed by atoms with Gasteiger partial charge >= 0.3 is 0 Å². The number of hydrogen-bond acceptors (Lipinski definition) is 4. The molecule has 2 atom stereocenters. The molecule has 2 aliphatic rings. The van der Waals surface area contributed by atoms with Crippen LogP contribution in [0.5, 0.6) is 0 Å². The van der Waals surface area contributed by atoms with Gasteiger partial charge in [0.15, 0.2) is 0 Å². The molecule has 0 aromatic heterocycles. The summed E-state index contributed by atoms with van der Waals surface area (Å²) in [4.78, 5) is 5.04. The van der Waals surface area contributed by atoms with Crippen molar-refractivity contribution in [3.8, 4) is 0 Å². The Morgan fingerprint density at radius 1 is 1.30 bits per heavy atom. The number of ether oxygens (including phenoxy) is 1. The van der Waals surface area contributed by atoms with Gasteiger partial charge in [-0.05, 0) is 59.4 Å². The molecule has 2 saturated heterocycles. The van der Waals surface area contributed by atoms with Gasteiger partial charge in [0.2, 0.25) is 0 Å². The Balaban J connectivity index is 1.82. The molecule has 4 nitrogen and oxygen atoms in total. The smallest absolute Gasteiger partial charge is 0.0510 e. The van der Waals surface area contributed by atoms with Gasteiger partial charge in [-0.25, -0.2) is 0 Å². The van der Waals surface area contributed by atoms with Gasteiger partial charge in [0, 0.05) is 31.2 Å². The summed E-state index contributed by atoms with van der Waals surface area (Å²) in [6.45, 7) is 8.93. The molecule has 2 unspecified atom stereocenters. The molecule has 0 spiro atoms. The highest BCUT2D eigenvalue weighted by Gasteiger charge is 2.28. The number of likely N-dealkylation sites (tertiary alicyclic amines) is 1. The van der Waals surface area contributed by atoms with Gasteiger partial charge in [-0.15, -0.1) is 0 Å². The van der Waals surface area contributed by atoms with E-state index in [1.807, 2.05) is 0 Å². The van der Waals surface area contributed by atoms with Gasteiger partial charge in [-0.1, -0.05) is 6.92 Å². The average molecular weight is 283 g/mol. The maximum atomic E-state index is 5.59. The maximum absolute atomic E-state index is 5.59. The third-order valence-corrected chi connectivity index (χ3v) is 4.99. The van der Waals surface area contributed by atoms with Gasteiger partial charge in [0.05, 0.1) is 6.61 Å². The van der Waals surface area contributed by atoms with E-state index in [1.165, 1.54) is 45.3 Å². The molecule has 0 aromatic carbocycles.